The van der Waals surface area contributed by atoms with Gasteiger partial charge in [-0.3, -0.25) is 0 Å². The highest BCUT2D eigenvalue weighted by atomic mass is 16.4. The number of fused-ring (bicyclic) bond motifs is 1. The van der Waals surface area contributed by atoms with E-state index in [2.05, 4.69) is 0 Å². The molecule has 84 valence electrons. The molecule has 0 fully saturated rings. The maximum atomic E-state index is 11.4. The van der Waals surface area contributed by atoms with Gasteiger partial charge in [0.25, 0.3) is 0 Å². The predicted molar refractivity (Wildman–Crippen MR) is 56.6 cm³/mol. The fourth-order valence-corrected chi connectivity index (χ4v) is 1.64. The largest absolute Gasteiger partial charge is 0.508 e. The molecular weight excluding hydrogens is 212 g/mol. The number of rotatable bonds is 2. The second-order valence-corrected chi connectivity index (χ2v) is 3.41. The summed E-state index contributed by atoms with van der Waals surface area (Å²) in [6.45, 7) is -0.112. The first-order chi connectivity index (χ1) is 7.63. The highest BCUT2D eigenvalue weighted by Gasteiger charge is 2.11. The van der Waals surface area contributed by atoms with Gasteiger partial charge >= 0.3 is 5.63 Å². The van der Waals surface area contributed by atoms with Crippen molar-refractivity contribution in [1.29, 1.82) is 0 Å². The van der Waals surface area contributed by atoms with Crippen LogP contribution in [0.4, 0.5) is 0 Å². The molecule has 2 aromatic rings. The fourth-order valence-electron chi connectivity index (χ4n) is 1.64. The molecule has 0 saturated heterocycles. The third-order valence-corrected chi connectivity index (χ3v) is 2.34. The Kier molecular flexibility index (Phi) is 2.54. The summed E-state index contributed by atoms with van der Waals surface area (Å²) in [5.41, 5.74) is -0.113. The lowest BCUT2D eigenvalue weighted by molar-refractivity contribution is 0.298. The van der Waals surface area contributed by atoms with E-state index in [4.69, 9.17) is 9.52 Å². The predicted octanol–water partition coefficient (Wildman–Crippen LogP) is 0.739. The van der Waals surface area contributed by atoms with E-state index >= 15 is 0 Å². The van der Waals surface area contributed by atoms with Crippen molar-refractivity contribution in [3.05, 3.63) is 34.4 Å². The van der Waals surface area contributed by atoms with Crippen LogP contribution in [0.5, 0.6) is 11.5 Å². The summed E-state index contributed by atoms with van der Waals surface area (Å²) < 4.78 is 4.74. The molecular formula is C11H10O5. The van der Waals surface area contributed by atoms with Crippen LogP contribution in [0.25, 0.3) is 10.8 Å². The van der Waals surface area contributed by atoms with Crippen molar-refractivity contribution in [2.24, 2.45) is 0 Å². The monoisotopic (exact) mass is 222 g/mol. The number of hydrogen-bond acceptors (Lipinski definition) is 5. The first-order valence-electron chi connectivity index (χ1n) is 4.70. The standard InChI is InChI=1S/C11H10O5/c12-2-1-6-5-16-11(15)10-8(6)3-7(13)4-9(10)14/h3-5,12-14H,1-2H2. The molecule has 0 aliphatic heterocycles. The Bertz CT molecular complexity index is 585. The molecule has 5 heteroatoms. The van der Waals surface area contributed by atoms with Crippen LogP contribution in [0.3, 0.4) is 0 Å². The Hall–Kier alpha value is -2.01. The molecule has 3 N–H and O–H groups in total. The Morgan fingerprint density at radius 1 is 1.25 bits per heavy atom. The Morgan fingerprint density at radius 3 is 2.69 bits per heavy atom. The number of benzene rings is 1. The summed E-state index contributed by atoms with van der Waals surface area (Å²) in [5, 5.41) is 28.1. The summed E-state index contributed by atoms with van der Waals surface area (Å²) in [6, 6.07) is 2.43. The van der Waals surface area contributed by atoms with Gasteiger partial charge in [-0.25, -0.2) is 4.79 Å². The highest BCUT2D eigenvalue weighted by molar-refractivity contribution is 5.90. The van der Waals surface area contributed by atoms with E-state index in [-0.39, 0.29) is 29.9 Å². The molecule has 0 aliphatic carbocycles. The molecule has 0 saturated carbocycles. The number of hydrogen-bond donors (Lipinski definition) is 3. The van der Waals surface area contributed by atoms with Gasteiger partial charge in [-0.2, -0.15) is 0 Å². The maximum Gasteiger partial charge on any atom is 0.347 e. The second kappa shape index (κ2) is 3.86. The zero-order chi connectivity index (χ0) is 11.7. The average Bonchev–Trinajstić information content (AvgIpc) is 2.21. The Labute approximate surface area is 90.2 Å². The van der Waals surface area contributed by atoms with Crippen LogP contribution < -0.4 is 5.63 Å². The minimum atomic E-state index is -0.672. The van der Waals surface area contributed by atoms with Gasteiger partial charge in [0, 0.05) is 18.1 Å². The van der Waals surface area contributed by atoms with Gasteiger partial charge in [0.2, 0.25) is 0 Å². The minimum Gasteiger partial charge on any atom is -0.508 e. The van der Waals surface area contributed by atoms with E-state index in [0.29, 0.717) is 10.9 Å². The van der Waals surface area contributed by atoms with Crippen LogP contribution >= 0.6 is 0 Å². The molecule has 1 aromatic heterocycles. The van der Waals surface area contributed by atoms with Crippen molar-refractivity contribution in [3.8, 4) is 11.5 Å². The molecule has 5 nitrogen and oxygen atoms in total. The number of phenolic OH excluding ortho intramolecular Hbond substituents is 2. The normalized spacial score (nSPS) is 10.8. The molecule has 0 bridgehead atoms. The Morgan fingerprint density at radius 2 is 2.00 bits per heavy atom. The molecule has 0 spiro atoms. The van der Waals surface area contributed by atoms with Gasteiger partial charge in [-0.1, -0.05) is 0 Å². The molecule has 2 rings (SSSR count). The molecule has 0 atom stereocenters. The number of phenols is 2. The van der Waals surface area contributed by atoms with Crippen LogP contribution in [-0.4, -0.2) is 21.9 Å². The summed E-state index contributed by atoms with van der Waals surface area (Å²) in [5.74, 6) is -0.474. The molecule has 0 amide bonds. The second-order valence-electron chi connectivity index (χ2n) is 3.41. The lowest BCUT2D eigenvalue weighted by Gasteiger charge is -2.05. The van der Waals surface area contributed by atoms with E-state index in [1.165, 1.54) is 12.3 Å². The first kappa shape index (κ1) is 10.5. The summed E-state index contributed by atoms with van der Waals surface area (Å²) in [6.07, 6.45) is 1.50. The van der Waals surface area contributed by atoms with Crippen LogP contribution in [0.1, 0.15) is 5.56 Å². The van der Waals surface area contributed by atoms with Crippen LogP contribution in [0.2, 0.25) is 0 Å². The lowest BCUT2D eigenvalue weighted by atomic mass is 10.1. The molecule has 1 aromatic carbocycles. The number of aromatic hydroxyl groups is 2. The molecule has 16 heavy (non-hydrogen) atoms. The molecule has 1 heterocycles. The summed E-state index contributed by atoms with van der Waals surface area (Å²) >= 11 is 0. The molecule has 0 radical (unpaired) electrons. The molecule has 0 aliphatic rings. The first-order valence-corrected chi connectivity index (χ1v) is 4.70. The van der Waals surface area contributed by atoms with Crippen molar-refractivity contribution >= 4 is 10.8 Å². The van der Waals surface area contributed by atoms with Gasteiger partial charge in [-0.05, 0) is 18.1 Å². The van der Waals surface area contributed by atoms with Crippen molar-refractivity contribution in [3.63, 3.8) is 0 Å². The van der Waals surface area contributed by atoms with E-state index in [9.17, 15) is 15.0 Å². The van der Waals surface area contributed by atoms with E-state index in [1.54, 1.807) is 0 Å². The third kappa shape index (κ3) is 1.61. The molecule has 0 unspecified atom stereocenters. The van der Waals surface area contributed by atoms with Gasteiger partial charge in [0.05, 0.1) is 6.26 Å². The Balaban J connectivity index is 2.86. The quantitative estimate of drug-likeness (QED) is 0.697. The maximum absolute atomic E-state index is 11.4. The van der Waals surface area contributed by atoms with Gasteiger partial charge < -0.3 is 19.7 Å². The number of aliphatic hydroxyl groups excluding tert-OH is 1. The van der Waals surface area contributed by atoms with Gasteiger partial charge in [0.15, 0.2) is 0 Å². The van der Waals surface area contributed by atoms with E-state index in [1.807, 2.05) is 0 Å². The summed E-state index contributed by atoms with van der Waals surface area (Å²) in [7, 11) is 0. The van der Waals surface area contributed by atoms with Crippen molar-refractivity contribution < 1.29 is 19.7 Å². The zero-order valence-corrected chi connectivity index (χ0v) is 8.30. The van der Waals surface area contributed by atoms with Crippen LogP contribution in [0.15, 0.2) is 27.6 Å². The van der Waals surface area contributed by atoms with E-state index in [0.717, 1.165) is 6.07 Å². The minimum absolute atomic E-state index is 0.0174. The number of aliphatic hydroxyl groups is 1. The van der Waals surface area contributed by atoms with Crippen molar-refractivity contribution in [2.45, 2.75) is 6.42 Å². The van der Waals surface area contributed by atoms with E-state index < -0.39 is 5.63 Å². The van der Waals surface area contributed by atoms with Gasteiger partial charge in [-0.15, -0.1) is 0 Å². The topological polar surface area (TPSA) is 90.9 Å². The highest BCUT2D eigenvalue weighted by Crippen LogP contribution is 2.29. The summed E-state index contributed by atoms with van der Waals surface area (Å²) in [4.78, 5) is 11.4. The lowest BCUT2D eigenvalue weighted by Crippen LogP contribution is -2.03. The SMILES string of the molecule is O=c1occ(CCO)c2cc(O)cc(O)c12. The van der Waals surface area contributed by atoms with Crippen molar-refractivity contribution in [2.75, 3.05) is 6.61 Å². The smallest absolute Gasteiger partial charge is 0.347 e. The zero-order valence-electron chi connectivity index (χ0n) is 8.30. The van der Waals surface area contributed by atoms with Crippen LogP contribution in [-0.2, 0) is 6.42 Å². The third-order valence-electron chi connectivity index (χ3n) is 2.34. The van der Waals surface area contributed by atoms with Crippen LogP contribution in [0, 0.1) is 0 Å². The van der Waals surface area contributed by atoms with Gasteiger partial charge in [0.1, 0.15) is 16.9 Å². The average molecular weight is 222 g/mol. The fraction of sp³-hybridized carbons (Fsp3) is 0.182. The van der Waals surface area contributed by atoms with Crippen molar-refractivity contribution in [1.82, 2.24) is 0 Å².